The van der Waals surface area contributed by atoms with Gasteiger partial charge in [-0.3, -0.25) is 0 Å². The van der Waals surface area contributed by atoms with E-state index in [0.717, 1.165) is 5.52 Å². The fraction of sp³-hybridized carbons (Fsp3) is 0.125. The molecular formula is C8H8ClN2S-. The van der Waals surface area contributed by atoms with Crippen LogP contribution in [0.1, 0.15) is 5.56 Å². The lowest BCUT2D eigenvalue weighted by atomic mass is 10.2. The number of benzene rings is 1. The monoisotopic (exact) mass is 199 g/mol. The van der Waals surface area contributed by atoms with E-state index in [2.05, 4.69) is 18.0 Å². The van der Waals surface area contributed by atoms with Crippen LogP contribution in [0.5, 0.6) is 0 Å². The van der Waals surface area contributed by atoms with Gasteiger partial charge in [-0.25, -0.2) is 4.98 Å². The van der Waals surface area contributed by atoms with Gasteiger partial charge in [-0.1, -0.05) is 17.4 Å². The van der Waals surface area contributed by atoms with Crippen LogP contribution in [-0.2, 0) is 0 Å². The molecule has 0 fully saturated rings. The molecule has 2 rings (SSSR count). The highest BCUT2D eigenvalue weighted by molar-refractivity contribution is 7.22. The minimum absolute atomic E-state index is 0. The van der Waals surface area contributed by atoms with Crippen molar-refractivity contribution in [3.8, 4) is 0 Å². The third kappa shape index (κ3) is 1.52. The summed E-state index contributed by atoms with van der Waals surface area (Å²) in [6.07, 6.45) is 0. The molecule has 64 valence electrons. The van der Waals surface area contributed by atoms with Crippen molar-refractivity contribution in [2.75, 3.05) is 5.73 Å². The molecule has 0 aliphatic heterocycles. The minimum atomic E-state index is 0. The number of nitrogen functional groups attached to an aromatic ring is 1. The molecule has 0 aliphatic rings. The average molecular weight is 200 g/mol. The molecule has 0 saturated heterocycles. The number of rotatable bonds is 0. The molecule has 0 radical (unpaired) electrons. The average Bonchev–Trinajstić information content (AvgIpc) is 2.27. The Bertz CT molecular complexity index is 397. The quantitative estimate of drug-likeness (QED) is 0.603. The van der Waals surface area contributed by atoms with E-state index >= 15 is 0 Å². The second-order valence-corrected chi connectivity index (χ2v) is 3.59. The van der Waals surface area contributed by atoms with Crippen LogP contribution in [0.3, 0.4) is 0 Å². The van der Waals surface area contributed by atoms with Crippen molar-refractivity contribution in [1.82, 2.24) is 4.98 Å². The normalized spacial score (nSPS) is 9.75. The molecular weight excluding hydrogens is 192 g/mol. The summed E-state index contributed by atoms with van der Waals surface area (Å²) in [5, 5.41) is 0.644. The number of nitrogens with two attached hydrogens (primary N) is 1. The first kappa shape index (κ1) is 9.29. The standard InChI is InChI=1S/C8H8N2S.ClH/c1-5-2-3-6-7(4-5)11-8(9)10-6;/h2-4H,1H3,(H2,9,10);1H/p-1. The van der Waals surface area contributed by atoms with Crippen molar-refractivity contribution in [3.63, 3.8) is 0 Å². The Labute approximate surface area is 80.8 Å². The second kappa shape index (κ2) is 3.29. The van der Waals surface area contributed by atoms with E-state index in [1.807, 2.05) is 12.1 Å². The second-order valence-electron chi connectivity index (χ2n) is 2.52. The molecule has 0 aliphatic carbocycles. The number of aryl methyl sites for hydroxylation is 1. The molecule has 0 amide bonds. The Hall–Kier alpha value is -0.800. The number of hydrogen-bond acceptors (Lipinski definition) is 3. The topological polar surface area (TPSA) is 38.9 Å². The van der Waals surface area contributed by atoms with Crippen LogP contribution in [0.25, 0.3) is 10.2 Å². The Morgan fingerprint density at radius 1 is 1.42 bits per heavy atom. The molecule has 2 nitrogen and oxygen atoms in total. The van der Waals surface area contributed by atoms with Crippen LogP contribution in [0, 0.1) is 6.92 Å². The summed E-state index contributed by atoms with van der Waals surface area (Å²) in [7, 11) is 0. The van der Waals surface area contributed by atoms with Crippen molar-refractivity contribution < 1.29 is 12.4 Å². The summed E-state index contributed by atoms with van der Waals surface area (Å²) in [6, 6.07) is 6.14. The molecule has 0 saturated carbocycles. The molecule has 1 heterocycles. The maximum atomic E-state index is 5.55. The Morgan fingerprint density at radius 2 is 2.17 bits per heavy atom. The van der Waals surface area contributed by atoms with E-state index in [1.54, 1.807) is 0 Å². The van der Waals surface area contributed by atoms with Crippen molar-refractivity contribution in [1.29, 1.82) is 0 Å². The van der Waals surface area contributed by atoms with Crippen LogP contribution in [0.15, 0.2) is 18.2 Å². The van der Waals surface area contributed by atoms with E-state index in [-0.39, 0.29) is 12.4 Å². The predicted molar refractivity (Wildman–Crippen MR) is 48.8 cm³/mol. The zero-order valence-electron chi connectivity index (χ0n) is 6.54. The van der Waals surface area contributed by atoms with Gasteiger partial charge in [0.25, 0.3) is 0 Å². The molecule has 0 atom stereocenters. The van der Waals surface area contributed by atoms with Crippen molar-refractivity contribution in [2.24, 2.45) is 0 Å². The molecule has 2 aromatic rings. The van der Waals surface area contributed by atoms with Crippen molar-refractivity contribution in [2.45, 2.75) is 6.92 Å². The Morgan fingerprint density at radius 3 is 2.92 bits per heavy atom. The lowest BCUT2D eigenvalue weighted by Crippen LogP contribution is -3.00. The SMILES string of the molecule is Cc1ccc2nc(N)sc2c1.[Cl-]. The van der Waals surface area contributed by atoms with E-state index in [0.29, 0.717) is 5.13 Å². The van der Waals surface area contributed by atoms with Crippen molar-refractivity contribution >= 4 is 26.7 Å². The van der Waals surface area contributed by atoms with Gasteiger partial charge in [-0.2, -0.15) is 0 Å². The molecule has 0 unspecified atom stereocenters. The Kier molecular flexibility index (Phi) is 2.55. The van der Waals surface area contributed by atoms with E-state index in [1.165, 1.54) is 21.6 Å². The zero-order chi connectivity index (χ0) is 7.84. The summed E-state index contributed by atoms with van der Waals surface area (Å²) in [4.78, 5) is 4.15. The van der Waals surface area contributed by atoms with Gasteiger partial charge in [0, 0.05) is 0 Å². The molecule has 1 aromatic carbocycles. The predicted octanol–water partition coefficient (Wildman–Crippen LogP) is -0.809. The third-order valence-electron chi connectivity index (χ3n) is 1.56. The summed E-state index contributed by atoms with van der Waals surface area (Å²) >= 11 is 1.53. The largest absolute Gasteiger partial charge is 1.00 e. The fourth-order valence-electron chi connectivity index (χ4n) is 1.05. The maximum Gasteiger partial charge on any atom is 0.181 e. The molecule has 0 bridgehead atoms. The molecule has 1 aromatic heterocycles. The number of hydrogen-bond donors (Lipinski definition) is 1. The van der Waals surface area contributed by atoms with Gasteiger partial charge in [-0.05, 0) is 24.6 Å². The van der Waals surface area contributed by atoms with E-state index in [9.17, 15) is 0 Å². The zero-order valence-corrected chi connectivity index (χ0v) is 8.12. The van der Waals surface area contributed by atoms with E-state index < -0.39 is 0 Å². The molecule has 2 N–H and O–H groups in total. The van der Waals surface area contributed by atoms with Gasteiger partial charge in [0.1, 0.15) is 0 Å². The van der Waals surface area contributed by atoms with Gasteiger partial charge in [0.05, 0.1) is 10.2 Å². The van der Waals surface area contributed by atoms with Crippen molar-refractivity contribution in [3.05, 3.63) is 23.8 Å². The fourth-order valence-corrected chi connectivity index (χ4v) is 1.88. The van der Waals surface area contributed by atoms with Crippen LogP contribution < -0.4 is 18.1 Å². The van der Waals surface area contributed by atoms with E-state index in [4.69, 9.17) is 5.73 Å². The Balaban J connectivity index is 0.000000720. The lowest BCUT2D eigenvalue weighted by molar-refractivity contribution is -0.00000229. The first-order valence-electron chi connectivity index (χ1n) is 3.38. The highest BCUT2D eigenvalue weighted by atomic mass is 35.5. The maximum absolute atomic E-state index is 5.55. The number of aromatic nitrogens is 1. The van der Waals surface area contributed by atoms with Crippen LogP contribution >= 0.6 is 11.3 Å². The number of halogens is 1. The first-order chi connectivity index (χ1) is 5.25. The highest BCUT2D eigenvalue weighted by Gasteiger charge is 1.98. The summed E-state index contributed by atoms with van der Waals surface area (Å²) in [5.41, 5.74) is 7.80. The van der Waals surface area contributed by atoms with Crippen LogP contribution in [0.4, 0.5) is 5.13 Å². The van der Waals surface area contributed by atoms with Crippen LogP contribution in [0.2, 0.25) is 0 Å². The molecule has 4 heteroatoms. The van der Waals surface area contributed by atoms with Gasteiger partial charge in [0.2, 0.25) is 0 Å². The number of nitrogens with zero attached hydrogens (tertiary/aromatic N) is 1. The summed E-state index contributed by atoms with van der Waals surface area (Å²) < 4.78 is 1.17. The number of anilines is 1. The smallest absolute Gasteiger partial charge is 0.181 e. The first-order valence-corrected chi connectivity index (χ1v) is 4.20. The van der Waals surface area contributed by atoms with Gasteiger partial charge in [0.15, 0.2) is 5.13 Å². The third-order valence-corrected chi connectivity index (χ3v) is 2.41. The van der Waals surface area contributed by atoms with Crippen LogP contribution in [-0.4, -0.2) is 4.98 Å². The number of fused-ring (bicyclic) bond motifs is 1. The summed E-state index contributed by atoms with van der Waals surface area (Å²) in [6.45, 7) is 2.06. The molecule has 12 heavy (non-hydrogen) atoms. The summed E-state index contributed by atoms with van der Waals surface area (Å²) in [5.74, 6) is 0. The molecule has 0 spiro atoms. The highest BCUT2D eigenvalue weighted by Crippen LogP contribution is 2.23. The number of thiazole rings is 1. The van der Waals surface area contributed by atoms with Gasteiger partial charge < -0.3 is 18.1 Å². The van der Waals surface area contributed by atoms with Gasteiger partial charge in [-0.15, -0.1) is 0 Å². The van der Waals surface area contributed by atoms with Gasteiger partial charge >= 0.3 is 0 Å². The minimum Gasteiger partial charge on any atom is -1.00 e. The lowest BCUT2D eigenvalue weighted by Gasteiger charge is -1.88.